The Morgan fingerprint density at radius 2 is 2.19 bits per heavy atom. The maximum absolute atomic E-state index is 5.94. The van der Waals surface area contributed by atoms with Crippen molar-refractivity contribution in [3.8, 4) is 0 Å². The number of aromatic nitrogens is 3. The Morgan fingerprint density at radius 3 is 2.88 bits per heavy atom. The van der Waals surface area contributed by atoms with Crippen LogP contribution in [0.1, 0.15) is 31.7 Å². The molecular formula is C12H18N4. The summed E-state index contributed by atoms with van der Waals surface area (Å²) >= 11 is 0. The first-order valence-electron chi connectivity index (χ1n) is 5.54. The number of aryl methyl sites for hydroxylation is 2. The van der Waals surface area contributed by atoms with Crippen LogP contribution >= 0.6 is 0 Å². The fourth-order valence-electron chi connectivity index (χ4n) is 1.61. The molecule has 2 aromatic rings. The molecule has 0 spiro atoms. The van der Waals surface area contributed by atoms with Crippen molar-refractivity contribution in [2.75, 3.05) is 0 Å². The third-order valence-electron chi connectivity index (χ3n) is 2.53. The van der Waals surface area contributed by atoms with Gasteiger partial charge in [-0.2, -0.15) is 0 Å². The lowest BCUT2D eigenvalue weighted by atomic mass is 10.0. The van der Waals surface area contributed by atoms with Crippen LogP contribution < -0.4 is 5.73 Å². The van der Waals surface area contributed by atoms with Gasteiger partial charge in [-0.25, -0.2) is 9.97 Å². The van der Waals surface area contributed by atoms with Gasteiger partial charge in [-0.3, -0.25) is 0 Å². The average Bonchev–Trinajstić information content (AvgIpc) is 2.55. The highest BCUT2D eigenvalue weighted by atomic mass is 15.0. The average molecular weight is 218 g/mol. The minimum absolute atomic E-state index is 0.150. The summed E-state index contributed by atoms with van der Waals surface area (Å²) in [4.78, 5) is 12.0. The van der Waals surface area contributed by atoms with Crippen molar-refractivity contribution in [2.24, 2.45) is 5.73 Å². The van der Waals surface area contributed by atoms with Crippen LogP contribution in [-0.4, -0.2) is 20.5 Å². The van der Waals surface area contributed by atoms with Gasteiger partial charge in [-0.1, -0.05) is 0 Å². The number of nitrogens with one attached hydrogen (secondary N) is 1. The summed E-state index contributed by atoms with van der Waals surface area (Å²) in [5.74, 6) is 0.964. The van der Waals surface area contributed by atoms with E-state index in [4.69, 9.17) is 5.73 Å². The van der Waals surface area contributed by atoms with E-state index in [1.807, 2.05) is 27.0 Å². The summed E-state index contributed by atoms with van der Waals surface area (Å²) in [6.07, 6.45) is 3.60. The van der Waals surface area contributed by atoms with Crippen LogP contribution in [0.15, 0.2) is 12.3 Å². The van der Waals surface area contributed by atoms with Crippen LogP contribution in [0, 0.1) is 6.92 Å². The van der Waals surface area contributed by atoms with E-state index in [0.717, 1.165) is 35.4 Å². The van der Waals surface area contributed by atoms with Crippen LogP contribution in [0.4, 0.5) is 0 Å². The second-order valence-corrected chi connectivity index (χ2v) is 5.06. The summed E-state index contributed by atoms with van der Waals surface area (Å²) < 4.78 is 0. The summed E-state index contributed by atoms with van der Waals surface area (Å²) in [6, 6.07) is 2.06. The lowest BCUT2D eigenvalue weighted by Gasteiger charge is -2.16. The highest BCUT2D eigenvalue weighted by Crippen LogP contribution is 2.13. The van der Waals surface area contributed by atoms with Gasteiger partial charge in [0, 0.05) is 18.2 Å². The van der Waals surface area contributed by atoms with Gasteiger partial charge in [0.2, 0.25) is 0 Å². The van der Waals surface area contributed by atoms with Crippen LogP contribution in [0.25, 0.3) is 11.2 Å². The van der Waals surface area contributed by atoms with E-state index in [-0.39, 0.29) is 5.54 Å². The second kappa shape index (κ2) is 3.87. The smallest absolute Gasteiger partial charge is 0.177 e. The molecule has 0 saturated heterocycles. The second-order valence-electron chi connectivity index (χ2n) is 5.06. The Labute approximate surface area is 95.3 Å². The number of hydrogen-bond acceptors (Lipinski definition) is 3. The van der Waals surface area contributed by atoms with Crippen molar-refractivity contribution in [3.63, 3.8) is 0 Å². The molecule has 0 saturated carbocycles. The van der Waals surface area contributed by atoms with Crippen molar-refractivity contribution >= 4 is 11.2 Å². The highest BCUT2D eigenvalue weighted by Gasteiger charge is 2.12. The summed E-state index contributed by atoms with van der Waals surface area (Å²) in [7, 11) is 0. The molecular weight excluding hydrogens is 200 g/mol. The summed E-state index contributed by atoms with van der Waals surface area (Å²) in [6.45, 7) is 6.08. The number of nitrogens with two attached hydrogens (primary N) is 1. The Bertz CT molecular complexity index is 493. The van der Waals surface area contributed by atoms with Gasteiger partial charge in [-0.05, 0) is 38.8 Å². The Hall–Kier alpha value is -1.42. The van der Waals surface area contributed by atoms with Crippen molar-refractivity contribution in [1.82, 2.24) is 15.0 Å². The van der Waals surface area contributed by atoms with Crippen molar-refractivity contribution in [2.45, 2.75) is 39.2 Å². The first-order chi connectivity index (χ1) is 7.44. The highest BCUT2D eigenvalue weighted by molar-refractivity contribution is 5.70. The SMILES string of the molecule is Cc1cnc2nc(CCC(C)(C)N)[nH]c2c1. The lowest BCUT2D eigenvalue weighted by molar-refractivity contribution is 0.472. The van der Waals surface area contributed by atoms with Gasteiger partial charge in [0.1, 0.15) is 5.82 Å². The Morgan fingerprint density at radius 1 is 1.44 bits per heavy atom. The quantitative estimate of drug-likeness (QED) is 0.827. The zero-order chi connectivity index (χ0) is 11.8. The number of nitrogens with zero attached hydrogens (tertiary/aromatic N) is 2. The zero-order valence-corrected chi connectivity index (χ0v) is 10.0. The van der Waals surface area contributed by atoms with Crippen LogP contribution in [0.5, 0.6) is 0 Å². The van der Waals surface area contributed by atoms with Crippen LogP contribution in [0.2, 0.25) is 0 Å². The molecule has 0 unspecified atom stereocenters. The third-order valence-corrected chi connectivity index (χ3v) is 2.53. The molecule has 3 N–H and O–H groups in total. The molecule has 0 amide bonds. The Kier molecular flexibility index (Phi) is 2.68. The number of rotatable bonds is 3. The van der Waals surface area contributed by atoms with Gasteiger partial charge in [-0.15, -0.1) is 0 Å². The number of hydrogen-bond donors (Lipinski definition) is 2. The molecule has 86 valence electrons. The largest absolute Gasteiger partial charge is 0.341 e. The van der Waals surface area contributed by atoms with Gasteiger partial charge in [0.05, 0.1) is 5.52 Å². The molecule has 2 rings (SSSR count). The first-order valence-corrected chi connectivity index (χ1v) is 5.54. The van der Waals surface area contributed by atoms with E-state index in [0.29, 0.717) is 0 Å². The van der Waals surface area contributed by atoms with Gasteiger partial charge >= 0.3 is 0 Å². The van der Waals surface area contributed by atoms with Gasteiger partial charge in [0.15, 0.2) is 5.65 Å². The lowest BCUT2D eigenvalue weighted by Crippen LogP contribution is -2.32. The molecule has 4 heteroatoms. The summed E-state index contributed by atoms with van der Waals surface area (Å²) in [5, 5.41) is 0. The Balaban J connectivity index is 2.20. The molecule has 16 heavy (non-hydrogen) atoms. The molecule has 4 nitrogen and oxygen atoms in total. The molecule has 2 aromatic heterocycles. The molecule has 0 aromatic carbocycles. The van der Waals surface area contributed by atoms with E-state index in [1.165, 1.54) is 0 Å². The molecule has 0 radical (unpaired) electrons. The fourth-order valence-corrected chi connectivity index (χ4v) is 1.61. The van der Waals surface area contributed by atoms with Crippen molar-refractivity contribution < 1.29 is 0 Å². The number of pyridine rings is 1. The number of H-pyrrole nitrogens is 1. The summed E-state index contributed by atoms with van der Waals surface area (Å²) in [5.41, 5.74) is 8.73. The first kappa shape index (κ1) is 11.1. The molecule has 0 aliphatic carbocycles. The van der Waals surface area contributed by atoms with E-state index in [2.05, 4.69) is 21.0 Å². The minimum atomic E-state index is -0.150. The molecule has 0 atom stereocenters. The molecule has 0 fully saturated rings. The van der Waals surface area contributed by atoms with Crippen molar-refractivity contribution in [1.29, 1.82) is 0 Å². The van der Waals surface area contributed by atoms with E-state index in [9.17, 15) is 0 Å². The van der Waals surface area contributed by atoms with Crippen LogP contribution in [-0.2, 0) is 6.42 Å². The molecule has 0 bridgehead atoms. The van der Waals surface area contributed by atoms with E-state index < -0.39 is 0 Å². The van der Waals surface area contributed by atoms with Gasteiger partial charge in [0.25, 0.3) is 0 Å². The molecule has 2 heterocycles. The topological polar surface area (TPSA) is 67.6 Å². The fraction of sp³-hybridized carbons (Fsp3) is 0.500. The molecule has 0 aliphatic heterocycles. The number of aromatic amines is 1. The maximum atomic E-state index is 5.94. The predicted octanol–water partition coefficient (Wildman–Crippen LogP) is 1.94. The van der Waals surface area contributed by atoms with Crippen LogP contribution in [0.3, 0.4) is 0 Å². The maximum Gasteiger partial charge on any atom is 0.177 e. The normalized spacial score (nSPS) is 12.2. The monoisotopic (exact) mass is 218 g/mol. The van der Waals surface area contributed by atoms with Crippen molar-refractivity contribution in [3.05, 3.63) is 23.7 Å². The number of imidazole rings is 1. The third kappa shape index (κ3) is 2.58. The van der Waals surface area contributed by atoms with Gasteiger partial charge < -0.3 is 10.7 Å². The standard InChI is InChI=1S/C12H18N4/c1-8-6-9-11(14-7-8)16-10(15-9)4-5-12(2,3)13/h6-7H,4-5,13H2,1-3H3,(H,14,15,16). The van der Waals surface area contributed by atoms with E-state index >= 15 is 0 Å². The zero-order valence-electron chi connectivity index (χ0n) is 10.0. The molecule has 0 aliphatic rings. The minimum Gasteiger partial charge on any atom is -0.341 e. The van der Waals surface area contributed by atoms with E-state index in [1.54, 1.807) is 0 Å². The number of fused-ring (bicyclic) bond motifs is 1. The predicted molar refractivity (Wildman–Crippen MR) is 65.2 cm³/mol.